The second-order valence-electron chi connectivity index (χ2n) is 7.96. The maximum atomic E-state index is 12.5. The number of para-hydroxylation sites is 1. The molecule has 2 aromatic rings. The van der Waals surface area contributed by atoms with E-state index in [1.165, 1.54) is 12.8 Å². The maximum absolute atomic E-state index is 12.5. The lowest BCUT2D eigenvalue weighted by Gasteiger charge is -2.26. The highest BCUT2D eigenvalue weighted by atomic mass is 16.5. The molecule has 1 aliphatic carbocycles. The summed E-state index contributed by atoms with van der Waals surface area (Å²) in [4.78, 5) is 12.5. The highest BCUT2D eigenvalue weighted by Crippen LogP contribution is 2.37. The van der Waals surface area contributed by atoms with Gasteiger partial charge >= 0.3 is 0 Å². The zero-order valence-corrected chi connectivity index (χ0v) is 17.6. The molecule has 158 valence electrons. The number of hydrogen-bond donors (Lipinski definition) is 1. The number of rotatable bonds is 6. The van der Waals surface area contributed by atoms with Gasteiger partial charge in [-0.05, 0) is 61.9 Å². The highest BCUT2D eigenvalue weighted by molar-refractivity contribution is 5.99. The van der Waals surface area contributed by atoms with E-state index in [2.05, 4.69) is 17.4 Å². The van der Waals surface area contributed by atoms with Gasteiger partial charge in [-0.3, -0.25) is 4.79 Å². The Morgan fingerprint density at radius 1 is 0.967 bits per heavy atom. The number of methoxy groups -OCH3 is 2. The molecule has 1 aliphatic heterocycles. The Morgan fingerprint density at radius 2 is 1.73 bits per heavy atom. The van der Waals surface area contributed by atoms with Crippen LogP contribution in [0.25, 0.3) is 6.08 Å². The summed E-state index contributed by atoms with van der Waals surface area (Å²) in [5.74, 6) is 2.48. The fraction of sp³-hybridized carbons (Fsp3) is 0.400. The fourth-order valence-electron chi connectivity index (χ4n) is 4.32. The first-order valence-electron chi connectivity index (χ1n) is 10.6. The van der Waals surface area contributed by atoms with E-state index in [0.717, 1.165) is 46.8 Å². The summed E-state index contributed by atoms with van der Waals surface area (Å²) in [7, 11) is 3.32. The number of piperidine rings is 1. The van der Waals surface area contributed by atoms with Crippen molar-refractivity contribution in [1.82, 2.24) is 5.32 Å². The fourth-order valence-corrected chi connectivity index (χ4v) is 4.32. The van der Waals surface area contributed by atoms with Gasteiger partial charge in [-0.15, -0.1) is 0 Å². The number of hydrogen-bond acceptors (Lipinski definition) is 4. The van der Waals surface area contributed by atoms with Gasteiger partial charge in [0.2, 0.25) is 5.91 Å². The number of carbonyl (C=O) groups excluding carboxylic acids is 1. The molecule has 0 bridgehead atoms. The number of amides is 1. The van der Waals surface area contributed by atoms with Crippen molar-refractivity contribution in [1.29, 1.82) is 0 Å². The summed E-state index contributed by atoms with van der Waals surface area (Å²) >= 11 is 0. The Bertz CT molecular complexity index is 930. The molecular weight excluding hydrogens is 378 g/mol. The molecule has 4 rings (SSSR count). The Labute approximate surface area is 178 Å². The topological polar surface area (TPSA) is 56.8 Å². The van der Waals surface area contributed by atoms with Crippen LogP contribution in [-0.4, -0.2) is 32.8 Å². The molecule has 2 fully saturated rings. The van der Waals surface area contributed by atoms with Gasteiger partial charge in [0.05, 0.1) is 20.3 Å². The van der Waals surface area contributed by atoms with Crippen molar-refractivity contribution in [2.45, 2.75) is 44.1 Å². The van der Waals surface area contributed by atoms with E-state index in [0.29, 0.717) is 13.0 Å². The van der Waals surface area contributed by atoms with Crippen molar-refractivity contribution in [2.75, 3.05) is 20.8 Å². The van der Waals surface area contributed by atoms with Crippen LogP contribution in [0.2, 0.25) is 0 Å². The minimum Gasteiger partial charge on any atom is -0.496 e. The zero-order chi connectivity index (χ0) is 20.9. The summed E-state index contributed by atoms with van der Waals surface area (Å²) < 4.78 is 17.2. The first-order valence-corrected chi connectivity index (χ1v) is 10.6. The Kier molecular flexibility index (Phi) is 6.26. The molecule has 1 N–H and O–H groups in total. The molecule has 0 radical (unpaired) electrons. The van der Waals surface area contributed by atoms with Gasteiger partial charge in [0, 0.05) is 23.6 Å². The predicted octanol–water partition coefficient (Wildman–Crippen LogP) is 4.71. The van der Waals surface area contributed by atoms with Gasteiger partial charge in [0.15, 0.2) is 11.5 Å². The van der Waals surface area contributed by atoms with Crippen molar-refractivity contribution in [3.8, 4) is 17.2 Å². The van der Waals surface area contributed by atoms with E-state index in [9.17, 15) is 4.79 Å². The van der Waals surface area contributed by atoms with Crippen LogP contribution in [0.5, 0.6) is 17.2 Å². The van der Waals surface area contributed by atoms with E-state index in [-0.39, 0.29) is 17.9 Å². The van der Waals surface area contributed by atoms with Crippen LogP contribution in [-0.2, 0) is 4.79 Å². The van der Waals surface area contributed by atoms with Gasteiger partial charge in [-0.2, -0.15) is 0 Å². The van der Waals surface area contributed by atoms with Crippen LogP contribution in [0, 0.1) is 0 Å². The Morgan fingerprint density at radius 3 is 2.50 bits per heavy atom. The molecule has 0 aromatic heterocycles. The molecule has 30 heavy (non-hydrogen) atoms. The molecule has 1 saturated carbocycles. The second-order valence-corrected chi connectivity index (χ2v) is 7.96. The largest absolute Gasteiger partial charge is 0.496 e. The minimum atomic E-state index is -0.0203. The van der Waals surface area contributed by atoms with Crippen LogP contribution in [0.4, 0.5) is 0 Å². The third-order valence-electron chi connectivity index (χ3n) is 5.99. The number of nitrogens with one attached hydrogen (secondary N) is 1. The lowest BCUT2D eigenvalue weighted by molar-refractivity contribution is -0.118. The van der Waals surface area contributed by atoms with E-state index in [1.807, 2.05) is 36.4 Å². The first-order chi connectivity index (χ1) is 14.7. The van der Waals surface area contributed by atoms with Crippen LogP contribution in [0.3, 0.4) is 0 Å². The normalized spacial score (nSPS) is 20.8. The molecule has 0 unspecified atom stereocenters. The van der Waals surface area contributed by atoms with Crippen LogP contribution in [0.15, 0.2) is 48.0 Å². The van der Waals surface area contributed by atoms with Gasteiger partial charge in [-0.25, -0.2) is 0 Å². The first kappa shape index (κ1) is 20.3. The number of carbonyl (C=O) groups is 1. The van der Waals surface area contributed by atoms with Crippen molar-refractivity contribution >= 4 is 12.0 Å². The highest BCUT2D eigenvalue weighted by Gasteiger charge is 2.26. The molecule has 5 nitrogen and oxygen atoms in total. The quantitative estimate of drug-likeness (QED) is 0.705. The second kappa shape index (κ2) is 9.24. The average Bonchev–Trinajstić information content (AvgIpc) is 3.29. The van der Waals surface area contributed by atoms with E-state index in [1.54, 1.807) is 14.2 Å². The van der Waals surface area contributed by atoms with E-state index >= 15 is 0 Å². The molecule has 1 saturated heterocycles. The van der Waals surface area contributed by atoms with Crippen molar-refractivity contribution in [3.05, 3.63) is 59.2 Å². The van der Waals surface area contributed by atoms with Gasteiger partial charge in [-0.1, -0.05) is 24.3 Å². The minimum absolute atomic E-state index is 0.0203. The smallest absolute Gasteiger partial charge is 0.247 e. The lowest BCUT2D eigenvalue weighted by Crippen LogP contribution is -2.35. The molecule has 5 heteroatoms. The Balaban J connectivity index is 1.58. The predicted molar refractivity (Wildman–Crippen MR) is 117 cm³/mol. The molecule has 2 aromatic carbocycles. The molecule has 0 spiro atoms. The van der Waals surface area contributed by atoms with E-state index in [4.69, 9.17) is 14.2 Å². The summed E-state index contributed by atoms with van der Waals surface area (Å²) in [5.41, 5.74) is 2.81. The lowest BCUT2D eigenvalue weighted by atomic mass is 9.87. The van der Waals surface area contributed by atoms with Gasteiger partial charge < -0.3 is 19.5 Å². The number of benzene rings is 2. The third kappa shape index (κ3) is 4.45. The van der Waals surface area contributed by atoms with Crippen molar-refractivity contribution in [2.24, 2.45) is 0 Å². The third-order valence-corrected chi connectivity index (χ3v) is 5.99. The molecule has 1 atom stereocenters. The summed E-state index contributed by atoms with van der Waals surface area (Å²) in [5, 5.41) is 3.04. The van der Waals surface area contributed by atoms with Crippen LogP contribution >= 0.6 is 0 Å². The molecular formula is C25H29NO4. The number of ether oxygens (including phenoxy) is 3. The summed E-state index contributed by atoms with van der Waals surface area (Å²) in [6, 6.07) is 13.9. The monoisotopic (exact) mass is 407 g/mol. The summed E-state index contributed by atoms with van der Waals surface area (Å²) in [6.07, 6.45) is 7.49. The maximum Gasteiger partial charge on any atom is 0.247 e. The molecule has 2 aliphatic rings. The standard InChI is InChI=1S/C25H29NO4/c1-28-22-10-6-3-7-18(22)13-19-14-20(16-26-25(19)27)17-11-12-23(29-2)24(15-17)30-21-8-4-5-9-21/h3,6-7,10-13,15,20-21H,4-5,8-9,14,16H2,1-2H3,(H,26,27)/t20-/m1/s1. The zero-order valence-electron chi connectivity index (χ0n) is 17.6. The van der Waals surface area contributed by atoms with Crippen LogP contribution in [0.1, 0.15) is 49.1 Å². The van der Waals surface area contributed by atoms with E-state index < -0.39 is 0 Å². The van der Waals surface area contributed by atoms with Gasteiger partial charge in [0.1, 0.15) is 5.75 Å². The molecule has 1 amide bonds. The SMILES string of the molecule is COc1ccccc1C=C1C[C@@H](c2ccc(OC)c(OC3CCCC3)c2)CNC1=O. The summed E-state index contributed by atoms with van der Waals surface area (Å²) in [6.45, 7) is 0.608. The van der Waals surface area contributed by atoms with Crippen LogP contribution < -0.4 is 19.5 Å². The van der Waals surface area contributed by atoms with Crippen molar-refractivity contribution in [3.63, 3.8) is 0 Å². The van der Waals surface area contributed by atoms with Crippen molar-refractivity contribution < 1.29 is 19.0 Å². The molecule has 1 heterocycles. The Hall–Kier alpha value is -2.95. The average molecular weight is 408 g/mol. The van der Waals surface area contributed by atoms with Gasteiger partial charge in [0.25, 0.3) is 0 Å².